The lowest BCUT2D eigenvalue weighted by molar-refractivity contribution is -0.125. The van der Waals surface area contributed by atoms with Crippen LogP contribution in [0, 0.1) is 0 Å². The minimum absolute atomic E-state index is 0.0293. The summed E-state index contributed by atoms with van der Waals surface area (Å²) in [5.41, 5.74) is 0.885. The molecule has 1 unspecified atom stereocenters. The second kappa shape index (κ2) is 8.94. The summed E-state index contributed by atoms with van der Waals surface area (Å²) in [6.45, 7) is 2.43. The van der Waals surface area contributed by atoms with Gasteiger partial charge in [-0.15, -0.1) is 0 Å². The number of hydrogen-bond donors (Lipinski definition) is 2. The van der Waals surface area contributed by atoms with Gasteiger partial charge in [-0.3, -0.25) is 4.79 Å². The summed E-state index contributed by atoms with van der Waals surface area (Å²) in [6, 6.07) is 5.46. The molecule has 0 bridgehead atoms. The van der Waals surface area contributed by atoms with Crippen molar-refractivity contribution in [1.82, 2.24) is 5.32 Å². The average Bonchev–Trinajstić information content (AvgIpc) is 2.39. The number of aliphatic hydroxyl groups is 1. The molecular formula is C14H20BrNO4. The number of rotatable bonds is 8. The molecule has 0 fully saturated rings. The van der Waals surface area contributed by atoms with Gasteiger partial charge in [-0.05, 0) is 19.1 Å². The monoisotopic (exact) mass is 345 g/mol. The van der Waals surface area contributed by atoms with Gasteiger partial charge < -0.3 is 19.9 Å². The lowest BCUT2D eigenvalue weighted by Gasteiger charge is -2.18. The van der Waals surface area contributed by atoms with Crippen molar-refractivity contribution in [2.75, 3.05) is 26.9 Å². The van der Waals surface area contributed by atoms with E-state index in [4.69, 9.17) is 14.6 Å². The smallest absolute Gasteiger partial charge is 0.246 e. The molecule has 5 nitrogen and oxygen atoms in total. The third-order valence-corrected chi connectivity index (χ3v) is 3.15. The van der Waals surface area contributed by atoms with Gasteiger partial charge in [0.05, 0.1) is 12.6 Å². The zero-order valence-corrected chi connectivity index (χ0v) is 13.3. The number of halogens is 1. The van der Waals surface area contributed by atoms with Crippen molar-refractivity contribution in [1.29, 1.82) is 0 Å². The SMILES string of the molecule is COCC(=O)NC(C)c1ccc(Br)cc1OCCCO. The van der Waals surface area contributed by atoms with Crippen molar-refractivity contribution in [3.63, 3.8) is 0 Å². The van der Waals surface area contributed by atoms with E-state index in [1.165, 1.54) is 7.11 Å². The fraction of sp³-hybridized carbons (Fsp3) is 0.500. The molecule has 20 heavy (non-hydrogen) atoms. The molecule has 2 N–H and O–H groups in total. The van der Waals surface area contributed by atoms with Crippen molar-refractivity contribution in [3.05, 3.63) is 28.2 Å². The van der Waals surface area contributed by atoms with Gasteiger partial charge in [0.2, 0.25) is 5.91 Å². The summed E-state index contributed by atoms with van der Waals surface area (Å²) in [5.74, 6) is 0.516. The average molecular weight is 346 g/mol. The molecule has 0 aliphatic carbocycles. The van der Waals surface area contributed by atoms with Gasteiger partial charge in [0.15, 0.2) is 0 Å². The maximum absolute atomic E-state index is 11.5. The van der Waals surface area contributed by atoms with Crippen LogP contribution in [0.2, 0.25) is 0 Å². The fourth-order valence-electron chi connectivity index (χ4n) is 1.73. The van der Waals surface area contributed by atoms with Crippen molar-refractivity contribution in [2.24, 2.45) is 0 Å². The van der Waals surface area contributed by atoms with Crippen molar-refractivity contribution < 1.29 is 19.4 Å². The first-order chi connectivity index (χ1) is 9.58. The molecule has 0 spiro atoms. The van der Waals surface area contributed by atoms with Crippen LogP contribution in [0.3, 0.4) is 0 Å². The number of benzene rings is 1. The molecule has 0 aromatic heterocycles. The summed E-state index contributed by atoms with van der Waals surface area (Å²) >= 11 is 3.39. The minimum Gasteiger partial charge on any atom is -0.493 e. The maximum atomic E-state index is 11.5. The molecule has 6 heteroatoms. The van der Waals surface area contributed by atoms with Crippen LogP contribution in [-0.2, 0) is 9.53 Å². The molecule has 1 aromatic rings. The molecule has 1 atom stereocenters. The Morgan fingerprint density at radius 2 is 2.25 bits per heavy atom. The highest BCUT2D eigenvalue weighted by molar-refractivity contribution is 9.10. The highest BCUT2D eigenvalue weighted by atomic mass is 79.9. The van der Waals surface area contributed by atoms with Crippen LogP contribution in [0.1, 0.15) is 24.9 Å². The van der Waals surface area contributed by atoms with Crippen molar-refractivity contribution in [2.45, 2.75) is 19.4 Å². The molecule has 1 aromatic carbocycles. The summed E-state index contributed by atoms with van der Waals surface area (Å²) in [7, 11) is 1.48. The highest BCUT2D eigenvalue weighted by Crippen LogP contribution is 2.28. The first kappa shape index (κ1) is 16.9. The Labute approximate surface area is 127 Å². The maximum Gasteiger partial charge on any atom is 0.246 e. The van der Waals surface area contributed by atoms with Crippen molar-refractivity contribution >= 4 is 21.8 Å². The first-order valence-electron chi connectivity index (χ1n) is 6.40. The Kier molecular flexibility index (Phi) is 7.58. The standard InChI is InChI=1S/C14H20BrNO4/c1-10(16-14(18)9-19-2)12-5-4-11(15)8-13(12)20-7-3-6-17/h4-5,8,10,17H,3,6-7,9H2,1-2H3,(H,16,18). The van der Waals surface area contributed by atoms with Crippen LogP contribution < -0.4 is 10.1 Å². The van der Waals surface area contributed by atoms with E-state index in [1.807, 2.05) is 25.1 Å². The van der Waals surface area contributed by atoms with E-state index in [-0.39, 0.29) is 25.2 Å². The Bertz CT molecular complexity index is 439. The summed E-state index contributed by atoms with van der Waals surface area (Å²) in [5, 5.41) is 11.6. The zero-order chi connectivity index (χ0) is 15.0. The van der Waals surface area contributed by atoms with E-state index in [0.717, 1.165) is 10.0 Å². The second-order valence-corrected chi connectivity index (χ2v) is 5.25. The number of nitrogens with one attached hydrogen (secondary N) is 1. The predicted molar refractivity (Wildman–Crippen MR) is 79.8 cm³/mol. The topological polar surface area (TPSA) is 67.8 Å². The lowest BCUT2D eigenvalue weighted by Crippen LogP contribution is -2.30. The number of carbonyl (C=O) groups excluding carboxylic acids is 1. The van der Waals surface area contributed by atoms with Gasteiger partial charge in [0.25, 0.3) is 0 Å². The third kappa shape index (κ3) is 5.48. The van der Waals surface area contributed by atoms with Crippen LogP contribution in [0.5, 0.6) is 5.75 Å². The summed E-state index contributed by atoms with van der Waals surface area (Å²) < 4.78 is 11.3. The number of amides is 1. The van der Waals surface area contributed by atoms with Gasteiger partial charge in [0, 0.05) is 30.2 Å². The van der Waals surface area contributed by atoms with Crippen molar-refractivity contribution in [3.8, 4) is 5.75 Å². The fourth-order valence-corrected chi connectivity index (χ4v) is 2.07. The van der Waals surface area contributed by atoms with Crippen LogP contribution in [-0.4, -0.2) is 37.9 Å². The van der Waals surface area contributed by atoms with Gasteiger partial charge in [-0.2, -0.15) is 0 Å². The quantitative estimate of drug-likeness (QED) is 0.707. The first-order valence-corrected chi connectivity index (χ1v) is 7.19. The highest BCUT2D eigenvalue weighted by Gasteiger charge is 2.14. The van der Waals surface area contributed by atoms with Crippen LogP contribution in [0.4, 0.5) is 0 Å². The number of carbonyl (C=O) groups is 1. The normalized spacial score (nSPS) is 12.0. The van der Waals surface area contributed by atoms with Gasteiger partial charge in [-0.1, -0.05) is 22.0 Å². The molecule has 0 saturated heterocycles. The molecule has 1 rings (SSSR count). The van der Waals surface area contributed by atoms with Gasteiger partial charge in [-0.25, -0.2) is 0 Å². The molecule has 0 radical (unpaired) electrons. The van der Waals surface area contributed by atoms with Crippen LogP contribution in [0.25, 0.3) is 0 Å². The van der Waals surface area contributed by atoms with E-state index in [9.17, 15) is 4.79 Å². The molecule has 0 saturated carbocycles. The van der Waals surface area contributed by atoms with E-state index in [2.05, 4.69) is 21.2 Å². The van der Waals surface area contributed by atoms with E-state index in [1.54, 1.807) is 0 Å². The second-order valence-electron chi connectivity index (χ2n) is 4.33. The number of ether oxygens (including phenoxy) is 2. The third-order valence-electron chi connectivity index (χ3n) is 2.66. The molecule has 0 aliphatic rings. The minimum atomic E-state index is -0.185. The van der Waals surface area contributed by atoms with Crippen LogP contribution in [0.15, 0.2) is 22.7 Å². The number of aliphatic hydroxyl groups excluding tert-OH is 1. The summed E-state index contributed by atoms with van der Waals surface area (Å²) in [6.07, 6.45) is 0.566. The van der Waals surface area contributed by atoms with E-state index >= 15 is 0 Å². The Morgan fingerprint density at radius 3 is 2.90 bits per heavy atom. The molecule has 0 aliphatic heterocycles. The molecule has 1 amide bonds. The summed E-state index contributed by atoms with van der Waals surface area (Å²) in [4.78, 5) is 11.5. The Morgan fingerprint density at radius 1 is 1.50 bits per heavy atom. The Hall–Kier alpha value is -1.11. The number of hydrogen-bond acceptors (Lipinski definition) is 4. The lowest BCUT2D eigenvalue weighted by atomic mass is 10.1. The largest absolute Gasteiger partial charge is 0.493 e. The zero-order valence-electron chi connectivity index (χ0n) is 11.7. The molecular weight excluding hydrogens is 326 g/mol. The molecule has 112 valence electrons. The van der Waals surface area contributed by atoms with E-state index in [0.29, 0.717) is 18.8 Å². The predicted octanol–water partition coefficient (Wildman–Crippen LogP) is 2.03. The Balaban J connectivity index is 2.78. The molecule has 0 heterocycles. The van der Waals surface area contributed by atoms with Gasteiger partial charge >= 0.3 is 0 Å². The van der Waals surface area contributed by atoms with E-state index < -0.39 is 0 Å². The number of methoxy groups -OCH3 is 1. The van der Waals surface area contributed by atoms with Gasteiger partial charge in [0.1, 0.15) is 12.4 Å². The van der Waals surface area contributed by atoms with Crippen LogP contribution >= 0.6 is 15.9 Å².